The van der Waals surface area contributed by atoms with E-state index in [0.29, 0.717) is 12.4 Å². The molecule has 0 radical (unpaired) electrons. The Labute approximate surface area is 157 Å². The van der Waals surface area contributed by atoms with E-state index in [1.807, 2.05) is 44.4 Å². The molecule has 0 spiro atoms. The highest BCUT2D eigenvalue weighted by atomic mass is 16.4. The van der Waals surface area contributed by atoms with Crippen LogP contribution >= 0.6 is 0 Å². The smallest absolute Gasteiger partial charge is 0.320 e. The first kappa shape index (κ1) is 18.5. The van der Waals surface area contributed by atoms with E-state index < -0.39 is 12.0 Å². The monoisotopic (exact) mass is 366 g/mol. The molecule has 27 heavy (non-hydrogen) atoms. The second-order valence-electron chi connectivity index (χ2n) is 6.40. The van der Waals surface area contributed by atoms with Crippen LogP contribution in [0.15, 0.2) is 42.9 Å². The molecule has 3 aromatic rings. The summed E-state index contributed by atoms with van der Waals surface area (Å²) in [5.74, 6) is -0.319. The molecule has 0 bridgehead atoms. The number of aliphatic carboxylic acids is 1. The van der Waals surface area contributed by atoms with Crippen molar-refractivity contribution in [3.63, 3.8) is 0 Å². The van der Waals surface area contributed by atoms with Gasteiger partial charge in [0.05, 0.1) is 23.8 Å². The van der Waals surface area contributed by atoms with Gasteiger partial charge in [-0.15, -0.1) is 0 Å². The Kier molecular flexibility index (Phi) is 5.46. The van der Waals surface area contributed by atoms with Gasteiger partial charge in [-0.3, -0.25) is 14.5 Å². The first-order valence-corrected chi connectivity index (χ1v) is 8.55. The molecule has 4 N–H and O–H groups in total. The Balaban J connectivity index is 1.63. The van der Waals surface area contributed by atoms with Gasteiger partial charge in [-0.05, 0) is 18.9 Å². The molecule has 0 aliphatic heterocycles. The van der Waals surface area contributed by atoms with Crippen LogP contribution in [-0.4, -0.2) is 36.9 Å². The minimum atomic E-state index is -1.01. The van der Waals surface area contributed by atoms with E-state index in [9.17, 15) is 4.79 Å². The van der Waals surface area contributed by atoms with Crippen LogP contribution in [0.5, 0.6) is 0 Å². The van der Waals surface area contributed by atoms with Gasteiger partial charge in [0.1, 0.15) is 11.9 Å². The van der Waals surface area contributed by atoms with Crippen molar-refractivity contribution in [3.05, 3.63) is 59.7 Å². The van der Waals surface area contributed by atoms with Gasteiger partial charge in [0.2, 0.25) is 0 Å². The van der Waals surface area contributed by atoms with Crippen LogP contribution in [0.3, 0.4) is 0 Å². The summed E-state index contributed by atoms with van der Waals surface area (Å²) < 4.78 is 1.79. The van der Waals surface area contributed by atoms with E-state index in [0.717, 1.165) is 28.1 Å². The molecule has 0 saturated heterocycles. The number of nitrogens with one attached hydrogen (secondary N) is 1. The SMILES string of the molecule is Cc1nn(C)cc1CNc1cnc(-c2ccc(CC(N)C(=O)O)cc2)cn1. The van der Waals surface area contributed by atoms with Crippen LogP contribution in [0, 0.1) is 6.92 Å². The zero-order valence-corrected chi connectivity index (χ0v) is 15.3. The lowest BCUT2D eigenvalue weighted by atomic mass is 10.0. The van der Waals surface area contributed by atoms with E-state index >= 15 is 0 Å². The van der Waals surface area contributed by atoms with Gasteiger partial charge in [-0.2, -0.15) is 5.10 Å². The average Bonchev–Trinajstić information content (AvgIpc) is 2.98. The van der Waals surface area contributed by atoms with Crippen molar-refractivity contribution in [2.24, 2.45) is 12.8 Å². The van der Waals surface area contributed by atoms with Crippen molar-refractivity contribution in [2.45, 2.75) is 25.9 Å². The molecule has 2 heterocycles. The molecule has 1 aromatic carbocycles. The van der Waals surface area contributed by atoms with E-state index in [-0.39, 0.29) is 6.42 Å². The third kappa shape index (κ3) is 4.68. The zero-order chi connectivity index (χ0) is 19.4. The van der Waals surface area contributed by atoms with Gasteiger partial charge < -0.3 is 16.2 Å². The molecule has 2 aromatic heterocycles. The summed E-state index contributed by atoms with van der Waals surface area (Å²) in [5, 5.41) is 16.4. The first-order chi connectivity index (χ1) is 12.9. The van der Waals surface area contributed by atoms with Gasteiger partial charge in [-0.25, -0.2) is 4.98 Å². The van der Waals surface area contributed by atoms with E-state index in [1.165, 1.54) is 0 Å². The third-order valence-electron chi connectivity index (χ3n) is 4.25. The second-order valence-corrected chi connectivity index (χ2v) is 6.40. The summed E-state index contributed by atoms with van der Waals surface area (Å²) in [6.07, 6.45) is 5.66. The normalized spacial score (nSPS) is 12.0. The molecule has 0 amide bonds. The van der Waals surface area contributed by atoms with Gasteiger partial charge in [0.15, 0.2) is 0 Å². The Hall–Kier alpha value is -3.26. The molecular weight excluding hydrogens is 344 g/mol. The summed E-state index contributed by atoms with van der Waals surface area (Å²) in [6, 6.07) is 6.60. The maximum Gasteiger partial charge on any atom is 0.320 e. The standard InChI is InChI=1S/C19H22N6O2/c1-12-15(11-25(2)24-12)8-22-18-10-21-17(9-23-18)14-5-3-13(4-6-14)7-16(20)19(26)27/h3-6,9-11,16H,7-8,20H2,1-2H3,(H,22,23)(H,26,27). The number of hydrogen-bond donors (Lipinski definition) is 3. The highest BCUT2D eigenvalue weighted by Crippen LogP contribution is 2.18. The number of carboxylic acid groups (broad SMARTS) is 1. The zero-order valence-electron chi connectivity index (χ0n) is 15.3. The van der Waals surface area contributed by atoms with E-state index in [2.05, 4.69) is 20.4 Å². The van der Waals surface area contributed by atoms with Crippen molar-refractivity contribution in [2.75, 3.05) is 5.32 Å². The van der Waals surface area contributed by atoms with Crippen molar-refractivity contribution < 1.29 is 9.90 Å². The number of benzene rings is 1. The summed E-state index contributed by atoms with van der Waals surface area (Å²) in [6.45, 7) is 2.60. The topological polar surface area (TPSA) is 119 Å². The fourth-order valence-electron chi connectivity index (χ4n) is 2.73. The molecule has 8 nitrogen and oxygen atoms in total. The minimum Gasteiger partial charge on any atom is -0.480 e. The van der Waals surface area contributed by atoms with Crippen molar-refractivity contribution >= 4 is 11.8 Å². The number of carboxylic acids is 1. The summed E-state index contributed by atoms with van der Waals surface area (Å²) in [4.78, 5) is 19.7. The van der Waals surface area contributed by atoms with Crippen molar-refractivity contribution in [1.82, 2.24) is 19.7 Å². The maximum absolute atomic E-state index is 10.8. The van der Waals surface area contributed by atoms with Gasteiger partial charge in [0.25, 0.3) is 0 Å². The predicted molar refractivity (Wildman–Crippen MR) is 102 cm³/mol. The van der Waals surface area contributed by atoms with E-state index in [1.54, 1.807) is 17.1 Å². The molecule has 0 aliphatic rings. The summed E-state index contributed by atoms with van der Waals surface area (Å²) in [5.41, 5.74) is 10.2. The summed E-state index contributed by atoms with van der Waals surface area (Å²) in [7, 11) is 1.89. The van der Waals surface area contributed by atoms with Gasteiger partial charge in [0, 0.05) is 30.9 Å². The third-order valence-corrected chi connectivity index (χ3v) is 4.25. The number of aryl methyl sites for hydroxylation is 2. The molecular formula is C19H22N6O2. The largest absolute Gasteiger partial charge is 0.480 e. The Morgan fingerprint density at radius 3 is 2.56 bits per heavy atom. The van der Waals surface area contributed by atoms with Crippen LogP contribution in [0.1, 0.15) is 16.8 Å². The maximum atomic E-state index is 10.8. The van der Waals surface area contributed by atoms with Crippen LogP contribution < -0.4 is 11.1 Å². The highest BCUT2D eigenvalue weighted by molar-refractivity contribution is 5.73. The fourth-order valence-corrected chi connectivity index (χ4v) is 2.73. The lowest BCUT2D eigenvalue weighted by Crippen LogP contribution is -2.32. The molecule has 8 heteroatoms. The molecule has 1 unspecified atom stereocenters. The van der Waals surface area contributed by atoms with Crippen LogP contribution in [0.4, 0.5) is 5.82 Å². The van der Waals surface area contributed by atoms with Crippen LogP contribution in [0.2, 0.25) is 0 Å². The number of aromatic nitrogens is 4. The number of nitrogens with two attached hydrogens (primary N) is 1. The number of anilines is 1. The number of hydrogen-bond acceptors (Lipinski definition) is 6. The Bertz CT molecular complexity index is 918. The number of nitrogens with zero attached hydrogens (tertiary/aromatic N) is 4. The predicted octanol–water partition coefficient (Wildman–Crippen LogP) is 1.75. The lowest BCUT2D eigenvalue weighted by molar-refractivity contribution is -0.138. The molecule has 0 saturated carbocycles. The second kappa shape index (κ2) is 7.96. The van der Waals surface area contributed by atoms with Gasteiger partial charge in [-0.1, -0.05) is 24.3 Å². The molecule has 0 aliphatic carbocycles. The van der Waals surface area contributed by atoms with Crippen molar-refractivity contribution in [1.29, 1.82) is 0 Å². The number of rotatable bonds is 7. The lowest BCUT2D eigenvalue weighted by Gasteiger charge is -2.08. The van der Waals surface area contributed by atoms with Gasteiger partial charge >= 0.3 is 5.97 Å². The average molecular weight is 366 g/mol. The van der Waals surface area contributed by atoms with E-state index in [4.69, 9.17) is 10.8 Å². The highest BCUT2D eigenvalue weighted by Gasteiger charge is 2.12. The fraction of sp³-hybridized carbons (Fsp3) is 0.263. The minimum absolute atomic E-state index is 0.290. The van der Waals surface area contributed by atoms with Crippen molar-refractivity contribution in [3.8, 4) is 11.3 Å². The number of carbonyl (C=O) groups is 1. The molecule has 1 atom stereocenters. The molecule has 3 rings (SSSR count). The Morgan fingerprint density at radius 2 is 2.00 bits per heavy atom. The Morgan fingerprint density at radius 1 is 1.26 bits per heavy atom. The van der Waals surface area contributed by atoms with Crippen LogP contribution in [0.25, 0.3) is 11.3 Å². The van der Waals surface area contributed by atoms with Crippen LogP contribution in [-0.2, 0) is 24.8 Å². The molecule has 0 fully saturated rings. The summed E-state index contributed by atoms with van der Waals surface area (Å²) >= 11 is 0. The molecule has 140 valence electrons. The first-order valence-electron chi connectivity index (χ1n) is 8.55. The quantitative estimate of drug-likeness (QED) is 0.583.